The van der Waals surface area contributed by atoms with E-state index in [1.54, 1.807) is 25.8 Å². The minimum absolute atomic E-state index is 0.00972. The van der Waals surface area contributed by atoms with Gasteiger partial charge in [-0.25, -0.2) is 0 Å². The van der Waals surface area contributed by atoms with Crippen LogP contribution in [0.5, 0.6) is 0 Å². The number of rotatable bonds is 6. The van der Waals surface area contributed by atoms with E-state index in [4.69, 9.17) is 0 Å². The molecule has 1 heterocycles. The van der Waals surface area contributed by atoms with Crippen LogP contribution in [0.15, 0.2) is 0 Å². The standard InChI is InChI=1S/C15H26N2O4/c1-4-15(5-2,14(20)21)9-12(18)17-8-6-7-11(10-17)13(19)16-3/h11H,4-10H2,1-3H3,(H,16,19)(H,20,21). The molecule has 120 valence electrons. The number of carboxylic acids is 1. The minimum Gasteiger partial charge on any atom is -0.481 e. The highest BCUT2D eigenvalue weighted by Gasteiger charge is 2.39. The summed E-state index contributed by atoms with van der Waals surface area (Å²) in [7, 11) is 1.59. The maximum Gasteiger partial charge on any atom is 0.310 e. The van der Waals surface area contributed by atoms with Gasteiger partial charge in [0.25, 0.3) is 0 Å². The van der Waals surface area contributed by atoms with Crippen molar-refractivity contribution in [2.24, 2.45) is 11.3 Å². The molecule has 1 fully saturated rings. The number of carbonyl (C=O) groups is 3. The van der Waals surface area contributed by atoms with Gasteiger partial charge in [-0.2, -0.15) is 0 Å². The van der Waals surface area contributed by atoms with Crippen LogP contribution >= 0.6 is 0 Å². The van der Waals surface area contributed by atoms with Crippen molar-refractivity contribution in [3.8, 4) is 0 Å². The molecular weight excluding hydrogens is 272 g/mol. The largest absolute Gasteiger partial charge is 0.481 e. The molecule has 1 aliphatic rings. The van der Waals surface area contributed by atoms with Crippen molar-refractivity contribution in [3.05, 3.63) is 0 Å². The van der Waals surface area contributed by atoms with Gasteiger partial charge in [-0.3, -0.25) is 14.4 Å². The third-order valence-corrected chi connectivity index (χ3v) is 4.69. The monoisotopic (exact) mass is 298 g/mol. The van der Waals surface area contributed by atoms with Crippen molar-refractivity contribution in [1.29, 1.82) is 0 Å². The van der Waals surface area contributed by atoms with E-state index in [-0.39, 0.29) is 24.2 Å². The summed E-state index contributed by atoms with van der Waals surface area (Å²) in [5, 5.41) is 12.0. The Hall–Kier alpha value is -1.59. The van der Waals surface area contributed by atoms with E-state index < -0.39 is 11.4 Å². The van der Waals surface area contributed by atoms with Gasteiger partial charge in [-0.1, -0.05) is 13.8 Å². The maximum atomic E-state index is 12.4. The third kappa shape index (κ3) is 3.95. The Morgan fingerprint density at radius 1 is 1.29 bits per heavy atom. The van der Waals surface area contributed by atoms with Gasteiger partial charge in [0.2, 0.25) is 11.8 Å². The number of piperidine rings is 1. The lowest BCUT2D eigenvalue weighted by molar-refractivity contribution is -0.155. The van der Waals surface area contributed by atoms with E-state index in [1.165, 1.54) is 0 Å². The lowest BCUT2D eigenvalue weighted by Gasteiger charge is -2.35. The smallest absolute Gasteiger partial charge is 0.310 e. The fourth-order valence-electron chi connectivity index (χ4n) is 2.90. The normalized spacial score (nSPS) is 19.2. The first-order valence-electron chi connectivity index (χ1n) is 7.63. The zero-order valence-electron chi connectivity index (χ0n) is 13.1. The Kier molecular flexibility index (Phi) is 6.18. The Balaban J connectivity index is 2.74. The number of aliphatic carboxylic acids is 1. The highest BCUT2D eigenvalue weighted by atomic mass is 16.4. The van der Waals surface area contributed by atoms with Gasteiger partial charge in [0.05, 0.1) is 11.3 Å². The first kappa shape index (κ1) is 17.5. The fraction of sp³-hybridized carbons (Fsp3) is 0.800. The van der Waals surface area contributed by atoms with Crippen LogP contribution in [0.25, 0.3) is 0 Å². The van der Waals surface area contributed by atoms with Crippen molar-refractivity contribution in [2.45, 2.75) is 46.0 Å². The number of hydrogen-bond acceptors (Lipinski definition) is 3. The highest BCUT2D eigenvalue weighted by molar-refractivity contribution is 5.86. The van der Waals surface area contributed by atoms with Crippen molar-refractivity contribution < 1.29 is 19.5 Å². The third-order valence-electron chi connectivity index (χ3n) is 4.69. The molecule has 2 N–H and O–H groups in total. The van der Waals surface area contributed by atoms with Gasteiger partial charge in [0, 0.05) is 26.6 Å². The molecule has 6 heteroatoms. The molecule has 1 unspecified atom stereocenters. The molecule has 0 aliphatic carbocycles. The van der Waals surface area contributed by atoms with Crippen molar-refractivity contribution in [3.63, 3.8) is 0 Å². The molecule has 1 saturated heterocycles. The molecular formula is C15H26N2O4. The Labute approximate surface area is 125 Å². The molecule has 0 aromatic heterocycles. The maximum absolute atomic E-state index is 12.4. The van der Waals surface area contributed by atoms with Crippen molar-refractivity contribution >= 4 is 17.8 Å². The number of carbonyl (C=O) groups excluding carboxylic acids is 2. The molecule has 0 bridgehead atoms. The topological polar surface area (TPSA) is 86.7 Å². The van der Waals surface area contributed by atoms with Crippen LogP contribution in [-0.4, -0.2) is 47.9 Å². The van der Waals surface area contributed by atoms with E-state index in [0.29, 0.717) is 25.9 Å². The van der Waals surface area contributed by atoms with Gasteiger partial charge >= 0.3 is 5.97 Å². The van der Waals surface area contributed by atoms with Gasteiger partial charge in [0.1, 0.15) is 0 Å². The summed E-state index contributed by atoms with van der Waals surface area (Å²) in [4.78, 5) is 37.3. The SMILES string of the molecule is CCC(CC)(CC(=O)N1CCCC(C(=O)NC)C1)C(=O)O. The predicted octanol–water partition coefficient (Wildman–Crippen LogP) is 1.25. The minimum atomic E-state index is -0.989. The van der Waals surface area contributed by atoms with Crippen molar-refractivity contribution in [1.82, 2.24) is 10.2 Å². The second-order valence-corrected chi connectivity index (χ2v) is 5.76. The summed E-state index contributed by atoms with van der Waals surface area (Å²) in [6.45, 7) is 4.60. The molecule has 0 aromatic carbocycles. The molecule has 0 saturated carbocycles. The zero-order valence-corrected chi connectivity index (χ0v) is 13.1. The summed E-state index contributed by atoms with van der Waals surface area (Å²) in [5.74, 6) is -1.31. The summed E-state index contributed by atoms with van der Waals surface area (Å²) in [5.41, 5.74) is -0.989. The molecule has 0 spiro atoms. The lowest BCUT2D eigenvalue weighted by atomic mass is 9.78. The van der Waals surface area contributed by atoms with E-state index in [1.807, 2.05) is 0 Å². The quantitative estimate of drug-likeness (QED) is 0.772. The molecule has 1 atom stereocenters. The first-order valence-corrected chi connectivity index (χ1v) is 7.63. The number of likely N-dealkylation sites (tertiary alicyclic amines) is 1. The summed E-state index contributed by atoms with van der Waals surface area (Å²) in [6.07, 6.45) is 2.42. The molecule has 6 nitrogen and oxygen atoms in total. The molecule has 2 amide bonds. The summed E-state index contributed by atoms with van der Waals surface area (Å²) < 4.78 is 0. The van der Waals surface area contributed by atoms with Crippen LogP contribution in [0.2, 0.25) is 0 Å². The molecule has 1 rings (SSSR count). The zero-order chi connectivity index (χ0) is 16.0. The average molecular weight is 298 g/mol. The second-order valence-electron chi connectivity index (χ2n) is 5.76. The predicted molar refractivity (Wildman–Crippen MR) is 78.6 cm³/mol. The van der Waals surface area contributed by atoms with Gasteiger partial charge < -0.3 is 15.3 Å². The molecule has 0 aromatic rings. The van der Waals surface area contributed by atoms with Crippen LogP contribution in [0.1, 0.15) is 46.0 Å². The lowest BCUT2D eigenvalue weighted by Crippen LogP contribution is -2.47. The van der Waals surface area contributed by atoms with Crippen LogP contribution in [0.3, 0.4) is 0 Å². The first-order chi connectivity index (χ1) is 9.90. The average Bonchev–Trinajstić information content (AvgIpc) is 2.51. The van der Waals surface area contributed by atoms with E-state index >= 15 is 0 Å². The molecule has 0 radical (unpaired) electrons. The fourth-order valence-corrected chi connectivity index (χ4v) is 2.90. The Morgan fingerprint density at radius 3 is 2.38 bits per heavy atom. The number of nitrogens with zero attached hydrogens (tertiary/aromatic N) is 1. The molecule has 1 aliphatic heterocycles. The highest BCUT2D eigenvalue weighted by Crippen LogP contribution is 2.32. The van der Waals surface area contributed by atoms with Crippen LogP contribution in [0.4, 0.5) is 0 Å². The Bertz CT molecular complexity index is 404. The number of hydrogen-bond donors (Lipinski definition) is 2. The van der Waals surface area contributed by atoms with Gasteiger partial charge in [0.15, 0.2) is 0 Å². The summed E-state index contributed by atoms with van der Waals surface area (Å²) in [6, 6.07) is 0. The number of nitrogens with one attached hydrogen (secondary N) is 1. The van der Waals surface area contributed by atoms with E-state index in [2.05, 4.69) is 5.32 Å². The second kappa shape index (κ2) is 7.43. The van der Waals surface area contributed by atoms with Gasteiger partial charge in [-0.15, -0.1) is 0 Å². The van der Waals surface area contributed by atoms with E-state index in [9.17, 15) is 19.5 Å². The number of amides is 2. The molecule has 21 heavy (non-hydrogen) atoms. The Morgan fingerprint density at radius 2 is 1.90 bits per heavy atom. The van der Waals surface area contributed by atoms with Crippen LogP contribution in [-0.2, 0) is 14.4 Å². The number of carboxylic acid groups (broad SMARTS) is 1. The van der Waals surface area contributed by atoms with Crippen molar-refractivity contribution in [2.75, 3.05) is 20.1 Å². The van der Waals surface area contributed by atoms with Crippen LogP contribution < -0.4 is 5.32 Å². The van der Waals surface area contributed by atoms with E-state index in [0.717, 1.165) is 12.8 Å². The van der Waals surface area contributed by atoms with Crippen LogP contribution in [0, 0.1) is 11.3 Å². The van der Waals surface area contributed by atoms with Gasteiger partial charge in [-0.05, 0) is 25.7 Å². The summed E-state index contributed by atoms with van der Waals surface area (Å²) >= 11 is 0.